The van der Waals surface area contributed by atoms with Crippen LogP contribution in [-0.4, -0.2) is 38.4 Å². The molecule has 1 unspecified atom stereocenters. The smallest absolute Gasteiger partial charge is 0.328 e. The molecule has 0 spiro atoms. The number of halogens is 1. The van der Waals surface area contributed by atoms with E-state index in [9.17, 15) is 9.18 Å². The number of benzene rings is 1. The minimum Gasteiger partial charge on any atom is -0.494 e. The fourth-order valence-corrected chi connectivity index (χ4v) is 1.55. The summed E-state index contributed by atoms with van der Waals surface area (Å²) in [6.07, 6.45) is 0. The van der Waals surface area contributed by atoms with Crippen LogP contribution in [0.1, 0.15) is 13.0 Å². The third-order valence-electron chi connectivity index (χ3n) is 2.63. The maximum Gasteiger partial charge on any atom is 0.328 e. The van der Waals surface area contributed by atoms with Gasteiger partial charge in [-0.05, 0) is 35.5 Å². The van der Waals surface area contributed by atoms with Gasteiger partial charge in [-0.3, -0.25) is 0 Å². The monoisotopic (exact) mass is 266 g/mol. The molecule has 0 radical (unpaired) electrons. The van der Waals surface area contributed by atoms with Crippen LogP contribution in [0.2, 0.25) is 0 Å². The molecule has 8 heteroatoms. The fraction of sp³-hybridized carbons (Fsp3) is 0.273. The number of nitrogens with zero attached hydrogens (tertiary/aromatic N) is 4. The predicted molar refractivity (Wildman–Crippen MR) is 62.1 cm³/mol. The fourth-order valence-electron chi connectivity index (χ4n) is 1.55. The van der Waals surface area contributed by atoms with E-state index in [1.165, 1.54) is 26.2 Å². The molecular formula is C11H11FN4O3. The van der Waals surface area contributed by atoms with E-state index in [2.05, 4.69) is 15.5 Å². The summed E-state index contributed by atoms with van der Waals surface area (Å²) < 4.78 is 19.5. The Balaban J connectivity index is 2.45. The maximum absolute atomic E-state index is 13.6. The van der Waals surface area contributed by atoms with Gasteiger partial charge in [-0.15, -0.1) is 5.10 Å². The van der Waals surface area contributed by atoms with Crippen molar-refractivity contribution in [3.63, 3.8) is 0 Å². The zero-order valence-electron chi connectivity index (χ0n) is 10.2. The summed E-state index contributed by atoms with van der Waals surface area (Å²) in [5.74, 6) is -1.38. The standard InChI is InChI=1S/C11H11FN4O3/c1-6(11(17)18)16-10(13-14-15-16)7-3-4-9(19-2)8(12)5-7/h3-6H,1-2H3,(H,17,18). The summed E-state index contributed by atoms with van der Waals surface area (Å²) in [6.45, 7) is 1.43. The average molecular weight is 266 g/mol. The molecule has 1 aromatic carbocycles. The molecule has 0 aliphatic heterocycles. The van der Waals surface area contributed by atoms with E-state index in [-0.39, 0.29) is 11.6 Å². The number of carbonyl (C=O) groups is 1. The van der Waals surface area contributed by atoms with Gasteiger partial charge in [0.15, 0.2) is 23.4 Å². The Morgan fingerprint density at radius 3 is 2.84 bits per heavy atom. The topological polar surface area (TPSA) is 90.1 Å². The van der Waals surface area contributed by atoms with Gasteiger partial charge in [-0.1, -0.05) is 0 Å². The number of hydrogen-bond acceptors (Lipinski definition) is 5. The molecule has 0 bridgehead atoms. The van der Waals surface area contributed by atoms with E-state index in [0.29, 0.717) is 5.56 Å². The molecule has 0 saturated heterocycles. The Bertz CT molecular complexity index is 614. The summed E-state index contributed by atoms with van der Waals surface area (Å²) in [5, 5.41) is 19.7. The molecule has 0 saturated carbocycles. The van der Waals surface area contributed by atoms with Crippen molar-refractivity contribution >= 4 is 5.97 Å². The Morgan fingerprint density at radius 1 is 1.53 bits per heavy atom. The first kappa shape index (κ1) is 12.9. The zero-order chi connectivity index (χ0) is 14.0. The molecule has 1 N–H and O–H groups in total. The molecule has 2 aromatic rings. The van der Waals surface area contributed by atoms with Crippen LogP contribution >= 0.6 is 0 Å². The number of tetrazole rings is 1. The SMILES string of the molecule is COc1ccc(-c2nnnn2C(C)C(=O)O)cc1F. The van der Waals surface area contributed by atoms with Crippen molar-refractivity contribution in [3.8, 4) is 17.1 Å². The first-order chi connectivity index (χ1) is 9.04. The number of aliphatic carboxylic acids is 1. The molecule has 2 rings (SSSR count). The third-order valence-corrected chi connectivity index (χ3v) is 2.63. The van der Waals surface area contributed by atoms with Crippen molar-refractivity contribution in [1.82, 2.24) is 20.2 Å². The van der Waals surface area contributed by atoms with Gasteiger partial charge in [0.25, 0.3) is 0 Å². The molecule has 7 nitrogen and oxygen atoms in total. The van der Waals surface area contributed by atoms with Crippen LogP contribution in [0.15, 0.2) is 18.2 Å². The Labute approximate surface area is 107 Å². The van der Waals surface area contributed by atoms with Gasteiger partial charge in [0.2, 0.25) is 0 Å². The van der Waals surface area contributed by atoms with E-state index in [1.807, 2.05) is 0 Å². The lowest BCUT2D eigenvalue weighted by molar-refractivity contribution is -0.140. The number of carboxylic acids is 1. The number of ether oxygens (including phenoxy) is 1. The van der Waals surface area contributed by atoms with Gasteiger partial charge in [-0.2, -0.15) is 0 Å². The van der Waals surface area contributed by atoms with Crippen LogP contribution in [0.3, 0.4) is 0 Å². The number of hydrogen-bond donors (Lipinski definition) is 1. The molecule has 19 heavy (non-hydrogen) atoms. The van der Waals surface area contributed by atoms with Crippen molar-refractivity contribution in [1.29, 1.82) is 0 Å². The second-order valence-electron chi connectivity index (χ2n) is 3.81. The normalized spacial score (nSPS) is 12.2. The number of methoxy groups -OCH3 is 1. The first-order valence-electron chi connectivity index (χ1n) is 5.39. The quantitative estimate of drug-likeness (QED) is 0.892. The lowest BCUT2D eigenvalue weighted by Crippen LogP contribution is -2.18. The lowest BCUT2D eigenvalue weighted by atomic mass is 10.2. The Morgan fingerprint density at radius 2 is 2.26 bits per heavy atom. The number of rotatable bonds is 4. The zero-order valence-corrected chi connectivity index (χ0v) is 10.2. The van der Waals surface area contributed by atoms with E-state index >= 15 is 0 Å². The molecule has 0 fully saturated rings. The Hall–Kier alpha value is -2.51. The highest BCUT2D eigenvalue weighted by Gasteiger charge is 2.20. The predicted octanol–water partition coefficient (Wildman–Crippen LogP) is 1.13. The molecule has 1 aromatic heterocycles. The van der Waals surface area contributed by atoms with Gasteiger partial charge in [0.1, 0.15) is 0 Å². The van der Waals surface area contributed by atoms with Crippen LogP contribution in [-0.2, 0) is 4.79 Å². The molecule has 100 valence electrons. The molecule has 1 heterocycles. The average Bonchev–Trinajstić information content (AvgIpc) is 2.86. The minimum absolute atomic E-state index is 0.0917. The van der Waals surface area contributed by atoms with Gasteiger partial charge in [0.05, 0.1) is 7.11 Å². The molecule has 0 amide bonds. The van der Waals surface area contributed by atoms with Crippen LogP contribution < -0.4 is 4.74 Å². The van der Waals surface area contributed by atoms with Crippen LogP contribution in [0.25, 0.3) is 11.4 Å². The number of aromatic nitrogens is 4. The molecule has 1 atom stereocenters. The highest BCUT2D eigenvalue weighted by molar-refractivity contribution is 5.72. The highest BCUT2D eigenvalue weighted by atomic mass is 19.1. The van der Waals surface area contributed by atoms with Crippen LogP contribution in [0.4, 0.5) is 4.39 Å². The third kappa shape index (κ3) is 2.37. The Kier molecular flexibility index (Phi) is 3.41. The largest absolute Gasteiger partial charge is 0.494 e. The second-order valence-corrected chi connectivity index (χ2v) is 3.81. The summed E-state index contributed by atoms with van der Waals surface area (Å²) in [7, 11) is 1.36. The van der Waals surface area contributed by atoms with Crippen molar-refractivity contribution in [2.45, 2.75) is 13.0 Å². The molecule has 0 aliphatic rings. The van der Waals surface area contributed by atoms with Crippen LogP contribution in [0.5, 0.6) is 5.75 Å². The van der Waals surface area contributed by atoms with Crippen molar-refractivity contribution in [3.05, 3.63) is 24.0 Å². The van der Waals surface area contributed by atoms with Gasteiger partial charge in [-0.25, -0.2) is 13.9 Å². The van der Waals surface area contributed by atoms with Crippen molar-refractivity contribution in [2.24, 2.45) is 0 Å². The minimum atomic E-state index is -1.08. The van der Waals surface area contributed by atoms with Crippen molar-refractivity contribution in [2.75, 3.05) is 7.11 Å². The van der Waals surface area contributed by atoms with Gasteiger partial charge < -0.3 is 9.84 Å². The van der Waals surface area contributed by atoms with Gasteiger partial charge >= 0.3 is 5.97 Å². The molecule has 0 aliphatic carbocycles. The van der Waals surface area contributed by atoms with Crippen LogP contribution in [0, 0.1) is 5.82 Å². The maximum atomic E-state index is 13.6. The summed E-state index contributed by atoms with van der Waals surface area (Å²) in [4.78, 5) is 10.9. The molecular weight excluding hydrogens is 255 g/mol. The summed E-state index contributed by atoms with van der Waals surface area (Å²) >= 11 is 0. The summed E-state index contributed by atoms with van der Waals surface area (Å²) in [5.41, 5.74) is 0.372. The van der Waals surface area contributed by atoms with E-state index < -0.39 is 17.8 Å². The number of carboxylic acid groups (broad SMARTS) is 1. The van der Waals surface area contributed by atoms with E-state index in [0.717, 1.165) is 4.68 Å². The van der Waals surface area contributed by atoms with E-state index in [4.69, 9.17) is 9.84 Å². The highest BCUT2D eigenvalue weighted by Crippen LogP contribution is 2.25. The second kappa shape index (κ2) is 5.01. The van der Waals surface area contributed by atoms with Crippen molar-refractivity contribution < 1.29 is 19.0 Å². The first-order valence-corrected chi connectivity index (χ1v) is 5.39. The lowest BCUT2D eigenvalue weighted by Gasteiger charge is -2.09. The van der Waals surface area contributed by atoms with E-state index in [1.54, 1.807) is 6.07 Å². The van der Waals surface area contributed by atoms with Gasteiger partial charge in [0, 0.05) is 5.56 Å². The summed E-state index contributed by atoms with van der Waals surface area (Å²) in [6, 6.07) is 3.22.